The summed E-state index contributed by atoms with van der Waals surface area (Å²) in [5.74, 6) is -1.21. The van der Waals surface area contributed by atoms with E-state index in [1.807, 2.05) is 13.8 Å². The molecule has 0 unspecified atom stereocenters. The second kappa shape index (κ2) is 7.43. The quantitative estimate of drug-likeness (QED) is 0.735. The van der Waals surface area contributed by atoms with Crippen LogP contribution in [-0.4, -0.2) is 29.3 Å². The molecule has 0 radical (unpaired) electrons. The smallest absolute Gasteiger partial charge is 0.227 e. The Kier molecular flexibility index (Phi) is 6.22. The average molecular weight is 290 g/mol. The van der Waals surface area contributed by atoms with Crippen LogP contribution in [0.15, 0.2) is 18.2 Å². The second-order valence-electron chi connectivity index (χ2n) is 4.60. The Balaban J connectivity index is 2.81. The third kappa shape index (κ3) is 4.46. The van der Waals surface area contributed by atoms with E-state index < -0.39 is 11.6 Å². The number of carbonyl (C=O) groups is 1. The van der Waals surface area contributed by atoms with Gasteiger partial charge in [-0.05, 0) is 32.4 Å². The highest BCUT2D eigenvalue weighted by Gasteiger charge is 2.20. The average Bonchev–Trinajstić information content (AvgIpc) is 2.34. The lowest BCUT2D eigenvalue weighted by molar-refractivity contribution is -0.132. The topological polar surface area (TPSA) is 20.3 Å². The van der Waals surface area contributed by atoms with Gasteiger partial charge in [0.15, 0.2) is 0 Å². The van der Waals surface area contributed by atoms with Crippen molar-refractivity contribution in [3.63, 3.8) is 0 Å². The molecule has 0 aromatic heterocycles. The summed E-state index contributed by atoms with van der Waals surface area (Å²) >= 11 is 5.61. The molecule has 0 aliphatic carbocycles. The molecule has 5 heteroatoms. The zero-order chi connectivity index (χ0) is 14.4. The number of rotatable bonds is 6. The van der Waals surface area contributed by atoms with E-state index in [2.05, 4.69) is 0 Å². The van der Waals surface area contributed by atoms with Crippen molar-refractivity contribution in [2.24, 2.45) is 0 Å². The standard InChI is InChI=1S/C14H18ClF2NO/c1-10(2)18(8-4-7-15)14(19)9-11-12(16)5-3-6-13(11)17/h3,5-6,10H,4,7-9H2,1-2H3. The van der Waals surface area contributed by atoms with Crippen LogP contribution in [0.25, 0.3) is 0 Å². The van der Waals surface area contributed by atoms with Crippen molar-refractivity contribution < 1.29 is 13.6 Å². The van der Waals surface area contributed by atoms with Crippen LogP contribution in [0.3, 0.4) is 0 Å². The van der Waals surface area contributed by atoms with Crippen LogP contribution in [0.4, 0.5) is 8.78 Å². The third-order valence-corrected chi connectivity index (χ3v) is 3.13. The van der Waals surface area contributed by atoms with E-state index in [0.717, 1.165) is 12.1 Å². The zero-order valence-electron chi connectivity index (χ0n) is 11.1. The zero-order valence-corrected chi connectivity index (χ0v) is 11.9. The molecule has 1 aromatic carbocycles. The predicted octanol–water partition coefficient (Wildman–Crippen LogP) is 3.37. The van der Waals surface area contributed by atoms with Crippen LogP contribution >= 0.6 is 11.6 Å². The Morgan fingerprint density at radius 2 is 1.89 bits per heavy atom. The van der Waals surface area contributed by atoms with Gasteiger partial charge < -0.3 is 4.90 Å². The molecule has 0 N–H and O–H groups in total. The summed E-state index contributed by atoms with van der Waals surface area (Å²) in [7, 11) is 0. The third-order valence-electron chi connectivity index (χ3n) is 2.87. The van der Waals surface area contributed by atoms with Crippen LogP contribution in [0.5, 0.6) is 0 Å². The molecule has 106 valence electrons. The van der Waals surface area contributed by atoms with Crippen molar-refractivity contribution in [1.29, 1.82) is 0 Å². The lowest BCUT2D eigenvalue weighted by Gasteiger charge is -2.26. The molecule has 0 spiro atoms. The van der Waals surface area contributed by atoms with Crippen LogP contribution in [0, 0.1) is 11.6 Å². The minimum Gasteiger partial charge on any atom is -0.340 e. The normalized spacial score (nSPS) is 10.8. The first-order valence-corrected chi connectivity index (χ1v) is 6.79. The molecule has 0 saturated carbocycles. The molecule has 0 saturated heterocycles. The van der Waals surface area contributed by atoms with Gasteiger partial charge in [-0.15, -0.1) is 11.6 Å². The number of hydrogen-bond donors (Lipinski definition) is 0. The van der Waals surface area contributed by atoms with Crippen LogP contribution in [-0.2, 0) is 11.2 Å². The fourth-order valence-corrected chi connectivity index (χ4v) is 1.97. The fraction of sp³-hybridized carbons (Fsp3) is 0.500. The maximum absolute atomic E-state index is 13.5. The van der Waals surface area contributed by atoms with Crippen molar-refractivity contribution in [2.75, 3.05) is 12.4 Å². The summed E-state index contributed by atoms with van der Waals surface area (Å²) in [6.45, 7) is 4.23. The van der Waals surface area contributed by atoms with Crippen LogP contribution in [0.2, 0.25) is 0 Å². The van der Waals surface area contributed by atoms with Crippen molar-refractivity contribution >= 4 is 17.5 Å². The number of alkyl halides is 1. The highest BCUT2D eigenvalue weighted by Crippen LogP contribution is 2.15. The number of amides is 1. The molecule has 1 amide bonds. The van der Waals surface area contributed by atoms with E-state index in [0.29, 0.717) is 18.8 Å². The lowest BCUT2D eigenvalue weighted by Crippen LogP contribution is -2.39. The van der Waals surface area contributed by atoms with Crippen LogP contribution < -0.4 is 0 Å². The van der Waals surface area contributed by atoms with Gasteiger partial charge in [-0.25, -0.2) is 8.78 Å². The molecule has 0 bridgehead atoms. The van der Waals surface area contributed by atoms with E-state index in [1.54, 1.807) is 4.90 Å². The van der Waals surface area contributed by atoms with Crippen molar-refractivity contribution in [3.8, 4) is 0 Å². The molecule has 0 atom stereocenters. The number of benzene rings is 1. The van der Waals surface area contributed by atoms with Gasteiger partial charge in [-0.3, -0.25) is 4.79 Å². The highest BCUT2D eigenvalue weighted by atomic mass is 35.5. The molecule has 1 rings (SSSR count). The van der Waals surface area contributed by atoms with Gasteiger partial charge in [-0.2, -0.15) is 0 Å². The largest absolute Gasteiger partial charge is 0.340 e. The minimum atomic E-state index is -0.686. The first kappa shape index (κ1) is 15.9. The Bertz CT molecular complexity index is 417. The second-order valence-corrected chi connectivity index (χ2v) is 4.98. The Morgan fingerprint density at radius 3 is 2.37 bits per heavy atom. The van der Waals surface area contributed by atoms with Gasteiger partial charge in [0, 0.05) is 24.0 Å². The van der Waals surface area contributed by atoms with Crippen molar-refractivity contribution in [3.05, 3.63) is 35.4 Å². The minimum absolute atomic E-state index is 0.0226. The summed E-state index contributed by atoms with van der Waals surface area (Å²) in [6.07, 6.45) is 0.393. The molecular formula is C14H18ClF2NO. The molecule has 0 fully saturated rings. The Morgan fingerprint density at radius 1 is 1.32 bits per heavy atom. The summed E-state index contributed by atoms with van der Waals surface area (Å²) in [5.41, 5.74) is -0.177. The molecule has 0 aliphatic heterocycles. The number of hydrogen-bond acceptors (Lipinski definition) is 1. The maximum Gasteiger partial charge on any atom is 0.227 e. The number of carbonyl (C=O) groups excluding carboxylic acids is 1. The van der Waals surface area contributed by atoms with Crippen molar-refractivity contribution in [1.82, 2.24) is 4.90 Å². The van der Waals surface area contributed by atoms with E-state index >= 15 is 0 Å². The molecule has 1 aromatic rings. The lowest BCUT2D eigenvalue weighted by atomic mass is 10.1. The SMILES string of the molecule is CC(C)N(CCCCl)C(=O)Cc1c(F)cccc1F. The predicted molar refractivity (Wildman–Crippen MR) is 72.2 cm³/mol. The van der Waals surface area contributed by atoms with Gasteiger partial charge in [0.25, 0.3) is 0 Å². The molecular weight excluding hydrogens is 272 g/mol. The summed E-state index contributed by atoms with van der Waals surface area (Å²) in [4.78, 5) is 13.7. The van der Waals surface area contributed by atoms with Gasteiger partial charge in [0.1, 0.15) is 11.6 Å². The van der Waals surface area contributed by atoms with E-state index in [4.69, 9.17) is 11.6 Å². The van der Waals surface area contributed by atoms with E-state index in [1.165, 1.54) is 6.07 Å². The molecule has 0 heterocycles. The first-order chi connectivity index (χ1) is 8.97. The Hall–Kier alpha value is -1.16. The van der Waals surface area contributed by atoms with Gasteiger partial charge >= 0.3 is 0 Å². The van der Waals surface area contributed by atoms with E-state index in [-0.39, 0.29) is 23.9 Å². The Labute approximate surface area is 117 Å². The number of nitrogens with zero attached hydrogens (tertiary/aromatic N) is 1. The van der Waals surface area contributed by atoms with Gasteiger partial charge in [0.05, 0.1) is 6.42 Å². The summed E-state index contributed by atoms with van der Waals surface area (Å²) < 4.78 is 27.0. The van der Waals surface area contributed by atoms with Gasteiger partial charge in [-0.1, -0.05) is 6.07 Å². The molecule has 19 heavy (non-hydrogen) atoms. The molecule has 0 aliphatic rings. The highest BCUT2D eigenvalue weighted by molar-refractivity contribution is 6.17. The van der Waals surface area contributed by atoms with Crippen LogP contribution in [0.1, 0.15) is 25.8 Å². The van der Waals surface area contributed by atoms with Crippen molar-refractivity contribution in [2.45, 2.75) is 32.7 Å². The maximum atomic E-state index is 13.5. The molecule has 2 nitrogen and oxygen atoms in total. The first-order valence-electron chi connectivity index (χ1n) is 6.25. The summed E-state index contributed by atoms with van der Waals surface area (Å²) in [6, 6.07) is 3.58. The van der Waals surface area contributed by atoms with Gasteiger partial charge in [0.2, 0.25) is 5.91 Å². The number of halogens is 3. The monoisotopic (exact) mass is 289 g/mol. The fourth-order valence-electron chi connectivity index (χ4n) is 1.85. The van der Waals surface area contributed by atoms with E-state index in [9.17, 15) is 13.6 Å². The summed E-state index contributed by atoms with van der Waals surface area (Å²) in [5, 5.41) is 0.